The van der Waals surface area contributed by atoms with Crippen LogP contribution in [0.2, 0.25) is 0 Å². The smallest absolute Gasteiger partial charge is 0.0233 e. The van der Waals surface area contributed by atoms with Crippen LogP contribution in [0.15, 0.2) is 60.7 Å². The highest BCUT2D eigenvalue weighted by atomic mass is 15.0. The van der Waals surface area contributed by atoms with Gasteiger partial charge < -0.3 is 16.0 Å². The fourth-order valence-corrected chi connectivity index (χ4v) is 2.90. The summed E-state index contributed by atoms with van der Waals surface area (Å²) in [6.07, 6.45) is 2.12. The lowest BCUT2D eigenvalue weighted by atomic mass is 10.0. The molecule has 0 saturated carbocycles. The Balaban J connectivity index is 1.84. The van der Waals surface area contributed by atoms with Crippen molar-refractivity contribution in [1.82, 2.24) is 16.0 Å². The second kappa shape index (κ2) is 11.0. The predicted octanol–water partition coefficient (Wildman–Crippen LogP) is 2.63. The van der Waals surface area contributed by atoms with Gasteiger partial charge in [-0.25, -0.2) is 0 Å². The van der Waals surface area contributed by atoms with Gasteiger partial charge in [0.05, 0.1) is 0 Å². The van der Waals surface area contributed by atoms with Gasteiger partial charge in [0.15, 0.2) is 0 Å². The molecule has 0 spiro atoms. The van der Waals surface area contributed by atoms with E-state index in [2.05, 4.69) is 83.5 Å². The Morgan fingerprint density at radius 2 is 1.42 bits per heavy atom. The lowest BCUT2D eigenvalue weighted by Crippen LogP contribution is -2.45. The highest BCUT2D eigenvalue weighted by molar-refractivity contribution is 5.17. The van der Waals surface area contributed by atoms with E-state index in [4.69, 9.17) is 0 Å². The first-order chi connectivity index (χ1) is 11.8. The molecular formula is C21H31N3. The second-order valence-corrected chi connectivity index (χ2v) is 6.44. The Labute approximate surface area is 146 Å². The molecule has 2 rings (SSSR count). The normalized spacial score (nSPS) is 13.6. The van der Waals surface area contributed by atoms with Crippen molar-refractivity contribution in [3.05, 3.63) is 71.8 Å². The third-order valence-electron chi connectivity index (χ3n) is 4.24. The summed E-state index contributed by atoms with van der Waals surface area (Å²) in [5, 5.41) is 10.6. The highest BCUT2D eigenvalue weighted by Crippen LogP contribution is 2.04. The molecule has 2 aromatic rings. The number of hydrogen-bond donors (Lipinski definition) is 3. The summed E-state index contributed by atoms with van der Waals surface area (Å²) in [6, 6.07) is 22.3. The van der Waals surface area contributed by atoms with Crippen molar-refractivity contribution in [2.75, 3.05) is 26.7 Å². The van der Waals surface area contributed by atoms with Crippen LogP contribution in [-0.4, -0.2) is 38.8 Å². The van der Waals surface area contributed by atoms with Crippen LogP contribution >= 0.6 is 0 Å². The molecule has 0 fully saturated rings. The first kappa shape index (κ1) is 18.7. The second-order valence-electron chi connectivity index (χ2n) is 6.44. The molecule has 3 N–H and O–H groups in total. The molecule has 0 aliphatic carbocycles. The highest BCUT2D eigenvalue weighted by Gasteiger charge is 2.10. The van der Waals surface area contributed by atoms with Crippen LogP contribution in [0.4, 0.5) is 0 Å². The number of nitrogens with one attached hydrogen (secondary N) is 3. The lowest BCUT2D eigenvalue weighted by Gasteiger charge is -2.22. The SMILES string of the molecule is CNCC(C)NC[C@H](Cc1ccccc1)NCCc1ccccc1. The van der Waals surface area contributed by atoms with Gasteiger partial charge in [0, 0.05) is 25.2 Å². The van der Waals surface area contributed by atoms with Crippen LogP contribution in [0.5, 0.6) is 0 Å². The first-order valence-corrected chi connectivity index (χ1v) is 8.97. The van der Waals surface area contributed by atoms with E-state index in [1.807, 2.05) is 7.05 Å². The standard InChI is InChI=1S/C21H31N3/c1-18(16-22-2)24-17-21(15-20-11-7-4-8-12-20)23-14-13-19-9-5-3-6-10-19/h3-12,18,21-24H,13-17H2,1-2H3/t18?,21-/m0/s1. The van der Waals surface area contributed by atoms with Crippen LogP contribution in [0.3, 0.4) is 0 Å². The van der Waals surface area contributed by atoms with E-state index in [0.29, 0.717) is 12.1 Å². The van der Waals surface area contributed by atoms with E-state index >= 15 is 0 Å². The van der Waals surface area contributed by atoms with Crippen LogP contribution in [-0.2, 0) is 12.8 Å². The van der Waals surface area contributed by atoms with Crippen molar-refractivity contribution in [3.8, 4) is 0 Å². The van der Waals surface area contributed by atoms with E-state index < -0.39 is 0 Å². The van der Waals surface area contributed by atoms with Crippen molar-refractivity contribution < 1.29 is 0 Å². The monoisotopic (exact) mass is 325 g/mol. The molecule has 130 valence electrons. The maximum atomic E-state index is 3.73. The van der Waals surface area contributed by atoms with Gasteiger partial charge in [0.2, 0.25) is 0 Å². The number of hydrogen-bond acceptors (Lipinski definition) is 3. The average molecular weight is 326 g/mol. The van der Waals surface area contributed by atoms with Gasteiger partial charge in [0.1, 0.15) is 0 Å². The van der Waals surface area contributed by atoms with Gasteiger partial charge >= 0.3 is 0 Å². The summed E-state index contributed by atoms with van der Waals surface area (Å²) in [5.41, 5.74) is 2.78. The van der Waals surface area contributed by atoms with Crippen LogP contribution < -0.4 is 16.0 Å². The molecule has 0 aliphatic rings. The predicted molar refractivity (Wildman–Crippen MR) is 103 cm³/mol. The van der Waals surface area contributed by atoms with E-state index in [1.54, 1.807) is 0 Å². The molecule has 24 heavy (non-hydrogen) atoms. The third kappa shape index (κ3) is 7.26. The zero-order valence-corrected chi connectivity index (χ0v) is 15.0. The molecule has 2 aromatic carbocycles. The fraction of sp³-hybridized carbons (Fsp3) is 0.429. The van der Waals surface area contributed by atoms with Crippen LogP contribution in [0.25, 0.3) is 0 Å². The Morgan fingerprint density at radius 1 is 0.792 bits per heavy atom. The maximum Gasteiger partial charge on any atom is 0.0233 e. The van der Waals surface area contributed by atoms with Crippen molar-refractivity contribution in [2.24, 2.45) is 0 Å². The van der Waals surface area contributed by atoms with Gasteiger partial charge in [-0.15, -0.1) is 0 Å². The van der Waals surface area contributed by atoms with Gasteiger partial charge in [-0.3, -0.25) is 0 Å². The maximum absolute atomic E-state index is 3.73. The third-order valence-corrected chi connectivity index (χ3v) is 4.24. The van der Waals surface area contributed by atoms with Gasteiger partial charge in [-0.1, -0.05) is 60.7 Å². The average Bonchev–Trinajstić information content (AvgIpc) is 2.61. The molecule has 1 unspecified atom stereocenters. The van der Waals surface area contributed by atoms with Gasteiger partial charge in [-0.2, -0.15) is 0 Å². The summed E-state index contributed by atoms with van der Waals surface area (Å²) in [7, 11) is 2.00. The topological polar surface area (TPSA) is 36.1 Å². The number of rotatable bonds is 11. The minimum atomic E-state index is 0.440. The van der Waals surface area contributed by atoms with Crippen LogP contribution in [0.1, 0.15) is 18.1 Å². The van der Waals surface area contributed by atoms with Crippen LogP contribution in [0, 0.1) is 0 Å². The summed E-state index contributed by atoms with van der Waals surface area (Å²) >= 11 is 0. The molecule has 0 aliphatic heterocycles. The van der Waals surface area contributed by atoms with Crippen molar-refractivity contribution in [2.45, 2.75) is 31.8 Å². The molecule has 0 heterocycles. The first-order valence-electron chi connectivity index (χ1n) is 8.97. The molecule has 0 radical (unpaired) electrons. The summed E-state index contributed by atoms with van der Waals surface area (Å²) in [4.78, 5) is 0. The number of likely N-dealkylation sites (N-methyl/N-ethyl adjacent to an activating group) is 1. The van der Waals surface area contributed by atoms with E-state index in [0.717, 1.165) is 32.5 Å². The molecule has 3 nitrogen and oxygen atoms in total. The molecular weight excluding hydrogens is 294 g/mol. The Kier molecular flexibility index (Phi) is 8.53. The Morgan fingerprint density at radius 3 is 2.04 bits per heavy atom. The lowest BCUT2D eigenvalue weighted by molar-refractivity contribution is 0.433. The van der Waals surface area contributed by atoms with E-state index in [9.17, 15) is 0 Å². The molecule has 0 amide bonds. The largest absolute Gasteiger partial charge is 0.318 e. The fourth-order valence-electron chi connectivity index (χ4n) is 2.90. The van der Waals surface area contributed by atoms with Crippen molar-refractivity contribution in [1.29, 1.82) is 0 Å². The molecule has 0 aromatic heterocycles. The summed E-state index contributed by atoms with van der Waals surface area (Å²) < 4.78 is 0. The summed E-state index contributed by atoms with van der Waals surface area (Å²) in [5.74, 6) is 0. The molecule has 0 saturated heterocycles. The zero-order valence-electron chi connectivity index (χ0n) is 15.0. The minimum Gasteiger partial charge on any atom is -0.318 e. The van der Waals surface area contributed by atoms with Crippen molar-refractivity contribution in [3.63, 3.8) is 0 Å². The Hall–Kier alpha value is -1.68. The van der Waals surface area contributed by atoms with E-state index in [1.165, 1.54) is 11.1 Å². The summed E-state index contributed by atoms with van der Waals surface area (Å²) in [6.45, 7) is 5.19. The van der Waals surface area contributed by atoms with Gasteiger partial charge in [0.25, 0.3) is 0 Å². The minimum absolute atomic E-state index is 0.440. The van der Waals surface area contributed by atoms with E-state index in [-0.39, 0.29) is 0 Å². The quantitative estimate of drug-likeness (QED) is 0.594. The molecule has 3 heteroatoms. The number of benzene rings is 2. The molecule has 0 bridgehead atoms. The molecule has 2 atom stereocenters. The van der Waals surface area contributed by atoms with Gasteiger partial charge in [-0.05, 0) is 44.5 Å². The van der Waals surface area contributed by atoms with Crippen molar-refractivity contribution >= 4 is 0 Å². The zero-order chi connectivity index (χ0) is 17.0. The Bertz CT molecular complexity index is 542.